The highest BCUT2D eigenvalue weighted by molar-refractivity contribution is 5.90. The van der Waals surface area contributed by atoms with E-state index in [1.165, 1.54) is 4.90 Å². The van der Waals surface area contributed by atoms with E-state index in [0.29, 0.717) is 16.7 Å². The van der Waals surface area contributed by atoms with Crippen LogP contribution in [0.1, 0.15) is 61.6 Å². The van der Waals surface area contributed by atoms with E-state index in [-0.39, 0.29) is 40.2 Å². The molecule has 1 amide bonds. The Bertz CT molecular complexity index is 1410. The molecule has 0 N–H and O–H groups in total. The molecule has 0 radical (unpaired) electrons. The van der Waals surface area contributed by atoms with Crippen LogP contribution in [-0.4, -0.2) is 36.7 Å². The Morgan fingerprint density at radius 3 is 2.26 bits per heavy atom. The Morgan fingerprint density at radius 1 is 0.977 bits per heavy atom. The summed E-state index contributed by atoms with van der Waals surface area (Å²) in [5.41, 5.74) is 0.780. The largest absolute Gasteiger partial charge is 0.463 e. The third-order valence-corrected chi connectivity index (χ3v) is 7.27. The second kappa shape index (κ2) is 14.4. The molecule has 230 valence electrons. The molecule has 6 nitrogen and oxygen atoms in total. The Labute approximate surface area is 251 Å². The molecule has 0 bridgehead atoms. The summed E-state index contributed by atoms with van der Waals surface area (Å²) in [4.78, 5) is 27.9. The van der Waals surface area contributed by atoms with Crippen LogP contribution in [-0.2, 0) is 37.3 Å². The molecule has 0 spiro atoms. The first-order valence-electron chi connectivity index (χ1n) is 13.7. The molecule has 2 atom stereocenters. The van der Waals surface area contributed by atoms with Gasteiger partial charge in [-0.3, -0.25) is 4.90 Å². The molecular weight excluding hydrogens is 559 g/mol. The van der Waals surface area contributed by atoms with Crippen molar-refractivity contribution in [1.82, 2.24) is 4.90 Å². The molecular formula is C34H38F3NO5. The fourth-order valence-electron chi connectivity index (χ4n) is 5.01. The molecule has 1 heterocycles. The summed E-state index contributed by atoms with van der Waals surface area (Å²) >= 11 is 0. The van der Waals surface area contributed by atoms with E-state index in [0.717, 1.165) is 23.3 Å². The highest BCUT2D eigenvalue weighted by Crippen LogP contribution is 2.40. The Balaban J connectivity index is 0.00000506. The maximum absolute atomic E-state index is 13.7. The van der Waals surface area contributed by atoms with Crippen molar-refractivity contribution in [3.63, 3.8) is 0 Å². The lowest BCUT2D eigenvalue weighted by Crippen LogP contribution is -2.55. The van der Waals surface area contributed by atoms with Crippen molar-refractivity contribution < 1.29 is 37.0 Å². The van der Waals surface area contributed by atoms with E-state index < -0.39 is 35.4 Å². The molecule has 0 fully saturated rings. The average Bonchev–Trinajstić information content (AvgIpc) is 2.99. The number of nitrogens with zero attached hydrogens (tertiary/aromatic N) is 1. The summed E-state index contributed by atoms with van der Waals surface area (Å²) in [7, 11) is 0. The monoisotopic (exact) mass is 597 g/mol. The Hall–Kier alpha value is -4.11. The van der Waals surface area contributed by atoms with E-state index in [2.05, 4.69) is 0 Å². The summed E-state index contributed by atoms with van der Waals surface area (Å²) in [6, 6.07) is 22.2. The first-order chi connectivity index (χ1) is 20.0. The standard InChI is InChI=1S/C33H34F3NO5.CH4/c1-4-40-30(38)26-15-16-32(28-13-9-6-10-14-28,37(20-26)31(39)41-21-25-11-7-5-8-12-25)22-42-24(3)27-17-23(2)18-29(19-27)33(34,35)36;/h5-15,17-19,24H,4,16,20-22H2,1-3H3;1H4/t24-,32-;/m1./s1. The fourth-order valence-corrected chi connectivity index (χ4v) is 5.01. The summed E-state index contributed by atoms with van der Waals surface area (Å²) in [6.45, 7) is 5.00. The van der Waals surface area contributed by atoms with Crippen molar-refractivity contribution in [3.05, 3.63) is 118 Å². The van der Waals surface area contributed by atoms with Crippen LogP contribution in [0.3, 0.4) is 0 Å². The summed E-state index contributed by atoms with van der Waals surface area (Å²) in [5, 5.41) is 0. The number of esters is 1. The van der Waals surface area contributed by atoms with Gasteiger partial charge in [0.05, 0.1) is 42.5 Å². The number of carbonyl (C=O) groups excluding carboxylic acids is 2. The zero-order chi connectivity index (χ0) is 30.3. The highest BCUT2D eigenvalue weighted by Gasteiger charge is 2.46. The van der Waals surface area contributed by atoms with Crippen LogP contribution in [0.4, 0.5) is 18.0 Å². The molecule has 0 saturated heterocycles. The summed E-state index contributed by atoms with van der Waals surface area (Å²) in [5.74, 6) is -0.534. The molecule has 0 aromatic heterocycles. The molecule has 0 unspecified atom stereocenters. The predicted octanol–water partition coefficient (Wildman–Crippen LogP) is 8.16. The zero-order valence-corrected chi connectivity index (χ0v) is 23.8. The number of ether oxygens (including phenoxy) is 3. The van der Waals surface area contributed by atoms with Crippen molar-refractivity contribution in [2.45, 2.75) is 59.0 Å². The normalized spacial score (nSPS) is 17.3. The van der Waals surface area contributed by atoms with Crippen LogP contribution < -0.4 is 0 Å². The van der Waals surface area contributed by atoms with Crippen molar-refractivity contribution in [3.8, 4) is 0 Å². The topological polar surface area (TPSA) is 65.1 Å². The molecule has 3 aromatic carbocycles. The molecule has 3 aromatic rings. The van der Waals surface area contributed by atoms with Crippen LogP contribution in [0, 0.1) is 6.92 Å². The lowest BCUT2D eigenvalue weighted by molar-refractivity contribution is -0.140. The highest BCUT2D eigenvalue weighted by atomic mass is 19.4. The maximum Gasteiger partial charge on any atom is 0.416 e. The number of amides is 1. The average molecular weight is 598 g/mol. The number of benzene rings is 3. The summed E-state index contributed by atoms with van der Waals surface area (Å²) in [6.07, 6.45) is -3.97. The molecule has 0 aliphatic carbocycles. The minimum atomic E-state index is -4.50. The van der Waals surface area contributed by atoms with Gasteiger partial charge >= 0.3 is 18.2 Å². The van der Waals surface area contributed by atoms with Gasteiger partial charge in [-0.2, -0.15) is 13.2 Å². The van der Waals surface area contributed by atoms with Crippen molar-refractivity contribution >= 4 is 12.1 Å². The van der Waals surface area contributed by atoms with E-state index in [4.69, 9.17) is 14.2 Å². The van der Waals surface area contributed by atoms with Gasteiger partial charge in [-0.25, -0.2) is 9.59 Å². The molecule has 1 aliphatic heterocycles. The van der Waals surface area contributed by atoms with Gasteiger partial charge < -0.3 is 14.2 Å². The SMILES string of the molecule is C.CCOC(=O)C1=CC[C@@](CO[C@H](C)c2cc(C)cc(C(F)(F)F)c2)(c2ccccc2)N(C(=O)OCc2ccccc2)C1. The number of hydrogen-bond acceptors (Lipinski definition) is 5. The lowest BCUT2D eigenvalue weighted by atomic mass is 9.82. The van der Waals surface area contributed by atoms with E-state index in [1.807, 2.05) is 60.7 Å². The number of rotatable bonds is 9. The zero-order valence-electron chi connectivity index (χ0n) is 23.8. The van der Waals surface area contributed by atoms with Crippen LogP contribution in [0.5, 0.6) is 0 Å². The molecule has 0 saturated carbocycles. The third-order valence-electron chi connectivity index (χ3n) is 7.27. The first kappa shape index (κ1) is 33.4. The number of aryl methyl sites for hydroxylation is 1. The molecule has 9 heteroatoms. The van der Waals surface area contributed by atoms with Gasteiger partial charge in [-0.15, -0.1) is 0 Å². The lowest BCUT2D eigenvalue weighted by Gasteiger charge is -2.46. The van der Waals surface area contributed by atoms with Gasteiger partial charge in [-0.05, 0) is 56.0 Å². The van der Waals surface area contributed by atoms with Crippen LogP contribution >= 0.6 is 0 Å². The fraction of sp³-hybridized carbons (Fsp3) is 0.353. The quantitative estimate of drug-likeness (QED) is 0.233. The van der Waals surface area contributed by atoms with E-state index >= 15 is 0 Å². The van der Waals surface area contributed by atoms with Gasteiger partial charge in [0.1, 0.15) is 6.61 Å². The Kier molecular flexibility index (Phi) is 11.2. The minimum absolute atomic E-state index is 0. The van der Waals surface area contributed by atoms with Gasteiger partial charge in [0, 0.05) is 0 Å². The second-order valence-corrected chi connectivity index (χ2v) is 10.3. The van der Waals surface area contributed by atoms with Gasteiger partial charge in [0.2, 0.25) is 0 Å². The van der Waals surface area contributed by atoms with Crippen molar-refractivity contribution in [1.29, 1.82) is 0 Å². The summed E-state index contributed by atoms with van der Waals surface area (Å²) < 4.78 is 57.8. The third kappa shape index (κ3) is 8.04. The van der Waals surface area contributed by atoms with Gasteiger partial charge in [0.25, 0.3) is 0 Å². The number of carbonyl (C=O) groups is 2. The molecule has 43 heavy (non-hydrogen) atoms. The molecule has 1 aliphatic rings. The van der Waals surface area contributed by atoms with Crippen molar-refractivity contribution in [2.75, 3.05) is 19.8 Å². The minimum Gasteiger partial charge on any atom is -0.463 e. The number of hydrogen-bond donors (Lipinski definition) is 0. The van der Waals surface area contributed by atoms with E-state index in [9.17, 15) is 22.8 Å². The predicted molar refractivity (Wildman–Crippen MR) is 158 cm³/mol. The van der Waals surface area contributed by atoms with Crippen LogP contribution in [0.2, 0.25) is 0 Å². The maximum atomic E-state index is 13.7. The number of halogens is 3. The van der Waals surface area contributed by atoms with Crippen molar-refractivity contribution in [2.24, 2.45) is 0 Å². The Morgan fingerprint density at radius 2 is 1.63 bits per heavy atom. The smallest absolute Gasteiger partial charge is 0.416 e. The van der Waals surface area contributed by atoms with E-state index in [1.54, 1.807) is 32.9 Å². The first-order valence-corrected chi connectivity index (χ1v) is 13.7. The van der Waals surface area contributed by atoms with Gasteiger partial charge in [-0.1, -0.05) is 85.8 Å². The van der Waals surface area contributed by atoms with Crippen LogP contribution in [0.25, 0.3) is 0 Å². The number of alkyl halides is 3. The molecule has 4 rings (SSSR count). The van der Waals surface area contributed by atoms with Gasteiger partial charge in [0.15, 0.2) is 0 Å². The van der Waals surface area contributed by atoms with Crippen LogP contribution in [0.15, 0.2) is 90.5 Å². The second-order valence-electron chi connectivity index (χ2n) is 10.3.